The molecule has 7 heteroatoms. The first-order valence-corrected chi connectivity index (χ1v) is 13.3. The van der Waals surface area contributed by atoms with Gasteiger partial charge in [0.1, 0.15) is 35.6 Å². The van der Waals surface area contributed by atoms with Gasteiger partial charge < -0.3 is 28.4 Å². The van der Waals surface area contributed by atoms with Crippen LogP contribution in [0.15, 0.2) is 102 Å². The molecule has 3 aromatic carbocycles. The van der Waals surface area contributed by atoms with Crippen LogP contribution in [0.25, 0.3) is 0 Å². The van der Waals surface area contributed by atoms with Crippen LogP contribution in [0.1, 0.15) is 17.4 Å². The first kappa shape index (κ1) is 26.0. The smallest absolute Gasteiger partial charge is 0.184 e. The van der Waals surface area contributed by atoms with Gasteiger partial charge in [-0.3, -0.25) is 0 Å². The molecule has 194 valence electrons. The number of hydrogen-bond donors (Lipinski definition) is 0. The molecule has 1 unspecified atom stereocenters. The number of ether oxygens (including phenoxy) is 6. The molecular weight excluding hydrogens is 488 g/mol. The Bertz CT molecular complexity index is 1110. The number of hydrogen-bond acceptors (Lipinski definition) is 7. The maximum Gasteiger partial charge on any atom is 0.184 e. The molecule has 37 heavy (non-hydrogen) atoms. The zero-order chi connectivity index (χ0) is 25.5. The molecule has 5 rings (SSSR count). The second-order valence-corrected chi connectivity index (χ2v) is 10.0. The highest BCUT2D eigenvalue weighted by Crippen LogP contribution is 2.41. The number of rotatable bonds is 10. The van der Waals surface area contributed by atoms with Crippen molar-refractivity contribution in [3.8, 4) is 5.75 Å². The van der Waals surface area contributed by atoms with Gasteiger partial charge in [0.05, 0.1) is 26.9 Å². The summed E-state index contributed by atoms with van der Waals surface area (Å²) in [6, 6.07) is 28.0. The molecule has 0 amide bonds. The number of methoxy groups -OCH3 is 1. The van der Waals surface area contributed by atoms with Gasteiger partial charge in [0.25, 0.3) is 0 Å². The third kappa shape index (κ3) is 6.44. The normalized spacial score (nSPS) is 27.3. The Labute approximate surface area is 222 Å². The molecule has 0 saturated carbocycles. The Morgan fingerprint density at radius 2 is 1.62 bits per heavy atom. The first-order valence-electron chi connectivity index (χ1n) is 12.4. The van der Waals surface area contributed by atoms with E-state index in [1.54, 1.807) is 24.9 Å². The zero-order valence-corrected chi connectivity index (χ0v) is 21.6. The van der Waals surface area contributed by atoms with E-state index in [2.05, 4.69) is 18.7 Å². The maximum absolute atomic E-state index is 6.60. The van der Waals surface area contributed by atoms with Crippen LogP contribution < -0.4 is 4.74 Å². The second-order valence-electron chi connectivity index (χ2n) is 8.86. The molecule has 6 nitrogen and oxygen atoms in total. The van der Waals surface area contributed by atoms with E-state index in [0.717, 1.165) is 21.8 Å². The van der Waals surface area contributed by atoms with Crippen LogP contribution in [0.4, 0.5) is 0 Å². The van der Waals surface area contributed by atoms with Crippen molar-refractivity contribution in [1.29, 1.82) is 0 Å². The van der Waals surface area contributed by atoms with Crippen molar-refractivity contribution in [2.45, 2.75) is 47.6 Å². The minimum atomic E-state index is -0.503. The molecule has 2 heterocycles. The lowest BCUT2D eigenvalue weighted by molar-refractivity contribution is -0.328. The van der Waals surface area contributed by atoms with Gasteiger partial charge >= 0.3 is 0 Å². The summed E-state index contributed by atoms with van der Waals surface area (Å²) < 4.78 is 37.4. The Balaban J connectivity index is 1.41. The molecule has 2 aliphatic heterocycles. The van der Waals surface area contributed by atoms with Crippen molar-refractivity contribution in [1.82, 2.24) is 0 Å². The van der Waals surface area contributed by atoms with Gasteiger partial charge in [-0.2, -0.15) is 0 Å². The van der Waals surface area contributed by atoms with E-state index in [0.29, 0.717) is 19.8 Å². The summed E-state index contributed by atoms with van der Waals surface area (Å²) in [6.45, 7) is 5.01. The summed E-state index contributed by atoms with van der Waals surface area (Å²) in [5.74, 6) is 0.805. The highest BCUT2D eigenvalue weighted by atomic mass is 32.2. The predicted molar refractivity (Wildman–Crippen MR) is 142 cm³/mol. The Hall–Kier alpha value is -2.65. The molecule has 0 radical (unpaired) electrons. The molecule has 2 fully saturated rings. The lowest BCUT2D eigenvalue weighted by atomic mass is 9.98. The van der Waals surface area contributed by atoms with Crippen LogP contribution in [-0.2, 0) is 30.3 Å². The molecule has 0 N–H and O–H groups in total. The Morgan fingerprint density at radius 1 is 0.892 bits per heavy atom. The summed E-state index contributed by atoms with van der Waals surface area (Å²) >= 11 is 1.62. The zero-order valence-electron chi connectivity index (χ0n) is 20.8. The molecule has 6 atom stereocenters. The van der Waals surface area contributed by atoms with Gasteiger partial charge in [-0.1, -0.05) is 78.5 Å². The topological polar surface area (TPSA) is 55.4 Å². The standard InChI is InChI=1S/C30H32O6S/c1-3-18-32-28-27(33-19-21-14-16-23(31-2)17-15-21)26-25(35-30(28)37-24-12-8-5-9-13-24)20-34-29(36-26)22-10-6-4-7-11-22/h3-17,25-30H,1,18-20H2,2H3/t25-,26-,27+,28+,29?,30-/m1/s1. The fourth-order valence-electron chi connectivity index (χ4n) is 4.51. The van der Waals surface area contributed by atoms with Gasteiger partial charge in [-0.25, -0.2) is 0 Å². The fraction of sp³-hybridized carbons (Fsp3) is 0.333. The van der Waals surface area contributed by atoms with E-state index in [4.69, 9.17) is 28.4 Å². The summed E-state index contributed by atoms with van der Waals surface area (Å²) in [5, 5.41) is 0. The van der Waals surface area contributed by atoms with Gasteiger partial charge in [-0.15, -0.1) is 6.58 Å². The van der Waals surface area contributed by atoms with Crippen LogP contribution in [0.3, 0.4) is 0 Å². The van der Waals surface area contributed by atoms with E-state index in [1.165, 1.54) is 0 Å². The van der Waals surface area contributed by atoms with Crippen molar-refractivity contribution in [2.75, 3.05) is 20.3 Å². The van der Waals surface area contributed by atoms with Crippen LogP contribution in [-0.4, -0.2) is 50.2 Å². The van der Waals surface area contributed by atoms with E-state index < -0.39 is 18.5 Å². The SMILES string of the molecule is C=CCO[C@H]1[C@@H](OCc2ccc(OC)cc2)[C@@H]2OC(c3ccccc3)OC[C@H]2O[C@@H]1Sc1ccccc1. The predicted octanol–water partition coefficient (Wildman–Crippen LogP) is 5.78. The Morgan fingerprint density at radius 3 is 2.32 bits per heavy atom. The highest BCUT2D eigenvalue weighted by Gasteiger charge is 2.51. The molecule has 0 spiro atoms. The summed E-state index contributed by atoms with van der Waals surface area (Å²) in [5.41, 5.74) is 1.68. The van der Waals surface area contributed by atoms with Gasteiger partial charge in [0.2, 0.25) is 0 Å². The van der Waals surface area contributed by atoms with Crippen LogP contribution >= 0.6 is 11.8 Å². The molecular formula is C30H32O6S. The van der Waals surface area contributed by atoms with Crippen molar-refractivity contribution in [3.63, 3.8) is 0 Å². The van der Waals surface area contributed by atoms with Crippen LogP contribution in [0, 0.1) is 0 Å². The summed E-state index contributed by atoms with van der Waals surface area (Å²) in [7, 11) is 1.66. The molecule has 0 aromatic heterocycles. The number of fused-ring (bicyclic) bond motifs is 1. The molecule has 0 bridgehead atoms. The highest BCUT2D eigenvalue weighted by molar-refractivity contribution is 7.99. The fourth-order valence-corrected chi connectivity index (χ4v) is 5.66. The number of thioether (sulfide) groups is 1. The third-order valence-corrected chi connectivity index (χ3v) is 7.51. The number of benzene rings is 3. The van der Waals surface area contributed by atoms with Gasteiger partial charge in [-0.05, 0) is 29.8 Å². The van der Waals surface area contributed by atoms with Crippen molar-refractivity contribution in [3.05, 3.63) is 109 Å². The third-order valence-electron chi connectivity index (χ3n) is 6.36. The van der Waals surface area contributed by atoms with Crippen LogP contribution in [0.2, 0.25) is 0 Å². The Kier molecular flexibility index (Phi) is 8.94. The van der Waals surface area contributed by atoms with Crippen molar-refractivity contribution in [2.24, 2.45) is 0 Å². The van der Waals surface area contributed by atoms with Crippen molar-refractivity contribution < 1.29 is 28.4 Å². The first-order chi connectivity index (χ1) is 18.2. The van der Waals surface area contributed by atoms with E-state index in [-0.39, 0.29) is 17.6 Å². The molecule has 3 aromatic rings. The van der Waals surface area contributed by atoms with E-state index in [1.807, 2.05) is 72.8 Å². The molecule has 2 saturated heterocycles. The second kappa shape index (κ2) is 12.7. The van der Waals surface area contributed by atoms with Gasteiger partial charge in [0, 0.05) is 10.5 Å². The van der Waals surface area contributed by atoms with Gasteiger partial charge in [0.15, 0.2) is 6.29 Å². The monoisotopic (exact) mass is 520 g/mol. The lowest BCUT2D eigenvalue weighted by Crippen LogP contribution is -2.62. The quantitative estimate of drug-likeness (QED) is 0.314. The summed E-state index contributed by atoms with van der Waals surface area (Å²) in [4.78, 5) is 1.09. The van der Waals surface area contributed by atoms with Crippen LogP contribution in [0.5, 0.6) is 5.75 Å². The molecule has 2 aliphatic rings. The summed E-state index contributed by atoms with van der Waals surface area (Å²) in [6.07, 6.45) is -0.217. The lowest BCUT2D eigenvalue weighted by Gasteiger charge is -2.49. The van der Waals surface area contributed by atoms with E-state index in [9.17, 15) is 0 Å². The maximum atomic E-state index is 6.60. The average Bonchev–Trinajstić information content (AvgIpc) is 2.96. The largest absolute Gasteiger partial charge is 0.497 e. The minimum absolute atomic E-state index is 0.300. The van der Waals surface area contributed by atoms with E-state index >= 15 is 0 Å². The molecule has 0 aliphatic carbocycles. The minimum Gasteiger partial charge on any atom is -0.497 e. The van der Waals surface area contributed by atoms with Crippen molar-refractivity contribution >= 4 is 11.8 Å². The average molecular weight is 521 g/mol.